The SMILES string of the molecule is Cc1[nH]c(=O)n(-c2ccccn2)c1C. The molecule has 0 aliphatic rings. The van der Waals surface area contributed by atoms with Crippen LogP contribution in [-0.4, -0.2) is 14.5 Å². The van der Waals surface area contributed by atoms with Crippen molar-refractivity contribution in [3.05, 3.63) is 46.3 Å². The van der Waals surface area contributed by atoms with Crippen molar-refractivity contribution < 1.29 is 0 Å². The van der Waals surface area contributed by atoms with Gasteiger partial charge >= 0.3 is 5.69 Å². The summed E-state index contributed by atoms with van der Waals surface area (Å²) in [6.07, 6.45) is 1.67. The number of hydrogen-bond donors (Lipinski definition) is 1. The highest BCUT2D eigenvalue weighted by molar-refractivity contribution is 5.27. The number of hydrogen-bond acceptors (Lipinski definition) is 2. The minimum atomic E-state index is -0.140. The first-order valence-electron chi connectivity index (χ1n) is 4.40. The van der Waals surface area contributed by atoms with Crippen molar-refractivity contribution in [3.8, 4) is 5.82 Å². The molecule has 72 valence electrons. The average Bonchev–Trinajstić information content (AvgIpc) is 2.43. The molecule has 0 aromatic carbocycles. The third-order valence-electron chi connectivity index (χ3n) is 2.25. The number of aromatic amines is 1. The molecule has 2 aromatic heterocycles. The van der Waals surface area contributed by atoms with Crippen LogP contribution in [-0.2, 0) is 0 Å². The van der Waals surface area contributed by atoms with Crippen LogP contribution in [0, 0.1) is 13.8 Å². The molecule has 2 rings (SSSR count). The Balaban J connectivity index is 2.69. The first-order valence-corrected chi connectivity index (χ1v) is 4.40. The molecule has 0 fully saturated rings. The van der Waals surface area contributed by atoms with Crippen molar-refractivity contribution in [2.75, 3.05) is 0 Å². The van der Waals surface area contributed by atoms with Crippen LogP contribution >= 0.6 is 0 Å². The topological polar surface area (TPSA) is 50.7 Å². The molecule has 0 aliphatic heterocycles. The third-order valence-corrected chi connectivity index (χ3v) is 2.25. The van der Waals surface area contributed by atoms with Crippen molar-refractivity contribution >= 4 is 0 Å². The largest absolute Gasteiger partial charge is 0.331 e. The number of pyridine rings is 1. The van der Waals surface area contributed by atoms with Gasteiger partial charge in [0.1, 0.15) is 5.82 Å². The van der Waals surface area contributed by atoms with Crippen molar-refractivity contribution in [2.45, 2.75) is 13.8 Å². The van der Waals surface area contributed by atoms with Crippen LogP contribution in [0.4, 0.5) is 0 Å². The first kappa shape index (κ1) is 8.74. The molecule has 1 N–H and O–H groups in total. The van der Waals surface area contributed by atoms with Gasteiger partial charge < -0.3 is 4.98 Å². The highest BCUT2D eigenvalue weighted by Crippen LogP contribution is 2.06. The maximum Gasteiger partial charge on any atom is 0.331 e. The minimum Gasteiger partial charge on any atom is -0.310 e. The second-order valence-corrected chi connectivity index (χ2v) is 3.16. The maximum atomic E-state index is 11.5. The fourth-order valence-corrected chi connectivity index (χ4v) is 1.39. The number of imidazole rings is 1. The number of aromatic nitrogens is 3. The molecule has 0 saturated heterocycles. The van der Waals surface area contributed by atoms with Gasteiger partial charge in [-0.1, -0.05) is 6.07 Å². The quantitative estimate of drug-likeness (QED) is 0.732. The lowest BCUT2D eigenvalue weighted by Gasteiger charge is -2.01. The number of nitrogens with zero attached hydrogens (tertiary/aromatic N) is 2. The fourth-order valence-electron chi connectivity index (χ4n) is 1.39. The van der Waals surface area contributed by atoms with Gasteiger partial charge in [-0.3, -0.25) is 0 Å². The van der Waals surface area contributed by atoms with Crippen LogP contribution in [0.25, 0.3) is 5.82 Å². The lowest BCUT2D eigenvalue weighted by molar-refractivity contribution is 0.908. The molecule has 0 spiro atoms. The molecular weight excluding hydrogens is 178 g/mol. The lowest BCUT2D eigenvalue weighted by atomic mass is 10.3. The number of aryl methyl sites for hydroxylation is 1. The van der Waals surface area contributed by atoms with E-state index in [2.05, 4.69) is 9.97 Å². The van der Waals surface area contributed by atoms with Crippen LogP contribution < -0.4 is 5.69 Å². The fraction of sp³-hybridized carbons (Fsp3) is 0.200. The van der Waals surface area contributed by atoms with Gasteiger partial charge in [0.2, 0.25) is 0 Å². The Morgan fingerprint density at radius 1 is 1.36 bits per heavy atom. The predicted molar refractivity (Wildman–Crippen MR) is 53.7 cm³/mol. The Bertz CT molecular complexity index is 496. The minimum absolute atomic E-state index is 0.140. The monoisotopic (exact) mass is 189 g/mol. The summed E-state index contributed by atoms with van der Waals surface area (Å²) in [5, 5.41) is 0. The van der Waals surface area contributed by atoms with E-state index >= 15 is 0 Å². The van der Waals surface area contributed by atoms with Crippen LogP contribution in [0.5, 0.6) is 0 Å². The van der Waals surface area contributed by atoms with Gasteiger partial charge in [0.15, 0.2) is 0 Å². The van der Waals surface area contributed by atoms with Gasteiger partial charge in [-0.05, 0) is 26.0 Å². The van der Waals surface area contributed by atoms with E-state index in [9.17, 15) is 4.79 Å². The molecular formula is C10H11N3O. The highest BCUT2D eigenvalue weighted by Gasteiger charge is 2.08. The molecule has 0 unspecified atom stereocenters. The summed E-state index contributed by atoms with van der Waals surface area (Å²) in [5.41, 5.74) is 1.63. The molecule has 4 heteroatoms. The summed E-state index contributed by atoms with van der Waals surface area (Å²) in [7, 11) is 0. The maximum absolute atomic E-state index is 11.5. The van der Waals surface area contributed by atoms with E-state index in [1.54, 1.807) is 10.8 Å². The van der Waals surface area contributed by atoms with Crippen molar-refractivity contribution in [1.29, 1.82) is 0 Å². The third kappa shape index (κ3) is 1.25. The second kappa shape index (κ2) is 3.14. The molecule has 0 bridgehead atoms. The van der Waals surface area contributed by atoms with E-state index in [4.69, 9.17) is 0 Å². The number of H-pyrrole nitrogens is 1. The second-order valence-electron chi connectivity index (χ2n) is 3.16. The summed E-state index contributed by atoms with van der Waals surface area (Å²) in [4.78, 5) is 18.4. The van der Waals surface area contributed by atoms with Gasteiger partial charge in [0.25, 0.3) is 0 Å². The van der Waals surface area contributed by atoms with Gasteiger partial charge in [0.05, 0.1) is 0 Å². The van der Waals surface area contributed by atoms with Crippen molar-refractivity contribution in [3.63, 3.8) is 0 Å². The van der Waals surface area contributed by atoms with Gasteiger partial charge in [-0.25, -0.2) is 14.3 Å². The smallest absolute Gasteiger partial charge is 0.310 e. The predicted octanol–water partition coefficient (Wildman–Crippen LogP) is 1.18. The van der Waals surface area contributed by atoms with E-state index in [1.165, 1.54) is 0 Å². The van der Waals surface area contributed by atoms with Crippen molar-refractivity contribution in [2.24, 2.45) is 0 Å². The van der Waals surface area contributed by atoms with Gasteiger partial charge in [-0.15, -0.1) is 0 Å². The van der Waals surface area contributed by atoms with Crippen molar-refractivity contribution in [1.82, 2.24) is 14.5 Å². The van der Waals surface area contributed by atoms with E-state index < -0.39 is 0 Å². The van der Waals surface area contributed by atoms with Gasteiger partial charge in [-0.2, -0.15) is 0 Å². The number of nitrogens with one attached hydrogen (secondary N) is 1. The van der Waals surface area contributed by atoms with E-state index in [0.29, 0.717) is 5.82 Å². The summed E-state index contributed by atoms with van der Waals surface area (Å²) in [6, 6.07) is 5.49. The Morgan fingerprint density at radius 3 is 2.64 bits per heavy atom. The summed E-state index contributed by atoms with van der Waals surface area (Å²) in [6.45, 7) is 3.76. The molecule has 4 nitrogen and oxygen atoms in total. The summed E-state index contributed by atoms with van der Waals surface area (Å²) >= 11 is 0. The van der Waals surface area contributed by atoms with Gasteiger partial charge in [0, 0.05) is 17.6 Å². The Morgan fingerprint density at radius 2 is 2.14 bits per heavy atom. The molecule has 0 radical (unpaired) electrons. The summed E-state index contributed by atoms with van der Waals surface area (Å²) in [5.74, 6) is 0.652. The molecule has 2 heterocycles. The molecule has 0 amide bonds. The van der Waals surface area contributed by atoms with Crippen LogP contribution in [0.1, 0.15) is 11.4 Å². The Hall–Kier alpha value is -1.84. The Labute approximate surface area is 81.2 Å². The van der Waals surface area contributed by atoms with E-state index in [-0.39, 0.29) is 5.69 Å². The van der Waals surface area contributed by atoms with Crippen LogP contribution in [0.2, 0.25) is 0 Å². The summed E-state index contributed by atoms with van der Waals surface area (Å²) < 4.78 is 1.56. The molecule has 0 saturated carbocycles. The van der Waals surface area contributed by atoms with E-state index in [1.807, 2.05) is 32.0 Å². The van der Waals surface area contributed by atoms with Crippen LogP contribution in [0.15, 0.2) is 29.2 Å². The Kier molecular flexibility index (Phi) is 1.96. The molecule has 0 aliphatic carbocycles. The number of rotatable bonds is 1. The van der Waals surface area contributed by atoms with Crippen LogP contribution in [0.3, 0.4) is 0 Å². The molecule has 0 atom stereocenters. The molecule has 14 heavy (non-hydrogen) atoms. The zero-order chi connectivity index (χ0) is 10.1. The normalized spacial score (nSPS) is 10.4. The standard InChI is InChI=1S/C10H11N3O/c1-7-8(2)13(10(14)12-7)9-5-3-4-6-11-9/h3-6H,1-2H3,(H,12,14). The first-order chi connectivity index (χ1) is 6.70. The lowest BCUT2D eigenvalue weighted by Crippen LogP contribution is -2.16. The molecule has 2 aromatic rings. The highest BCUT2D eigenvalue weighted by atomic mass is 16.1. The average molecular weight is 189 g/mol. The zero-order valence-electron chi connectivity index (χ0n) is 8.11. The van der Waals surface area contributed by atoms with E-state index in [0.717, 1.165) is 11.4 Å². The zero-order valence-corrected chi connectivity index (χ0v) is 8.11.